The summed E-state index contributed by atoms with van der Waals surface area (Å²) in [5.74, 6) is -1.13. The third kappa shape index (κ3) is 7.53. The minimum Gasteiger partial charge on any atom is -0.456 e. The highest BCUT2D eigenvalue weighted by atomic mass is 32.1. The van der Waals surface area contributed by atoms with Crippen molar-refractivity contribution in [3.8, 4) is 0 Å². The van der Waals surface area contributed by atoms with E-state index >= 15 is 0 Å². The van der Waals surface area contributed by atoms with Gasteiger partial charge in [0.2, 0.25) is 11.0 Å². The summed E-state index contributed by atoms with van der Waals surface area (Å²) in [7, 11) is 0. The molecular weight excluding hydrogens is 368 g/mol. The summed E-state index contributed by atoms with van der Waals surface area (Å²) in [5, 5.41) is 14.2. The Kier molecular flexibility index (Phi) is 7.87. The van der Waals surface area contributed by atoms with Crippen molar-refractivity contribution in [1.82, 2.24) is 15.5 Å². The maximum atomic E-state index is 11.9. The Balaban J connectivity index is 1.60. The molecule has 0 aliphatic carbocycles. The van der Waals surface area contributed by atoms with Gasteiger partial charge < -0.3 is 15.4 Å². The zero-order valence-corrected chi connectivity index (χ0v) is 16.0. The van der Waals surface area contributed by atoms with Crippen molar-refractivity contribution in [1.29, 1.82) is 0 Å². The average molecular weight is 390 g/mol. The first-order valence-corrected chi connectivity index (χ1v) is 9.35. The van der Waals surface area contributed by atoms with Gasteiger partial charge >= 0.3 is 5.97 Å². The molecule has 0 fully saturated rings. The zero-order valence-electron chi connectivity index (χ0n) is 15.2. The molecule has 2 aromatic rings. The van der Waals surface area contributed by atoms with E-state index in [1.807, 2.05) is 37.3 Å². The lowest BCUT2D eigenvalue weighted by molar-refractivity contribution is -0.148. The van der Waals surface area contributed by atoms with E-state index in [0.29, 0.717) is 11.6 Å². The molecule has 0 spiro atoms. The van der Waals surface area contributed by atoms with Crippen LogP contribution in [0.1, 0.15) is 42.8 Å². The average Bonchev–Trinajstić information content (AvgIpc) is 3.05. The summed E-state index contributed by atoms with van der Waals surface area (Å²) in [6.07, 6.45) is 0.541. The summed E-state index contributed by atoms with van der Waals surface area (Å²) in [6.45, 7) is 3.31. The molecule has 0 aliphatic heterocycles. The fourth-order valence-corrected chi connectivity index (χ4v) is 2.86. The fourth-order valence-electron chi connectivity index (χ4n) is 2.25. The van der Waals surface area contributed by atoms with Crippen molar-refractivity contribution < 1.29 is 19.1 Å². The van der Waals surface area contributed by atoms with Gasteiger partial charge in [0.05, 0.1) is 6.04 Å². The lowest BCUT2D eigenvalue weighted by Crippen LogP contribution is -2.31. The van der Waals surface area contributed by atoms with E-state index in [1.165, 1.54) is 11.3 Å². The number of anilines is 1. The fraction of sp³-hybridized carbons (Fsp3) is 0.389. The van der Waals surface area contributed by atoms with E-state index in [1.54, 1.807) is 6.92 Å². The molecule has 0 bridgehead atoms. The van der Waals surface area contributed by atoms with Crippen molar-refractivity contribution in [2.75, 3.05) is 11.9 Å². The van der Waals surface area contributed by atoms with Gasteiger partial charge in [0, 0.05) is 12.8 Å². The van der Waals surface area contributed by atoms with Crippen molar-refractivity contribution >= 4 is 34.3 Å². The van der Waals surface area contributed by atoms with Crippen molar-refractivity contribution in [2.24, 2.45) is 0 Å². The molecule has 1 atom stereocenters. The monoisotopic (exact) mass is 390 g/mol. The molecule has 2 amide bonds. The number of nitrogens with zero attached hydrogens (tertiary/aromatic N) is 2. The largest absolute Gasteiger partial charge is 0.456 e. The number of benzene rings is 1. The molecular formula is C18H22N4O4S. The first kappa shape index (κ1) is 20.5. The number of hydrogen-bond acceptors (Lipinski definition) is 7. The van der Waals surface area contributed by atoms with Crippen LogP contribution in [-0.4, -0.2) is 34.6 Å². The van der Waals surface area contributed by atoms with E-state index in [9.17, 15) is 14.4 Å². The van der Waals surface area contributed by atoms with Gasteiger partial charge in [0.1, 0.15) is 5.01 Å². The number of nitrogens with one attached hydrogen (secondary N) is 2. The second-order valence-electron chi connectivity index (χ2n) is 5.89. The predicted molar refractivity (Wildman–Crippen MR) is 101 cm³/mol. The quantitative estimate of drug-likeness (QED) is 0.636. The molecule has 2 N–H and O–H groups in total. The normalized spacial score (nSPS) is 11.5. The molecule has 2 rings (SSSR count). The van der Waals surface area contributed by atoms with E-state index < -0.39 is 5.97 Å². The van der Waals surface area contributed by atoms with Crippen LogP contribution < -0.4 is 10.6 Å². The highest BCUT2D eigenvalue weighted by Gasteiger charge is 2.13. The molecule has 1 heterocycles. The predicted octanol–water partition coefficient (Wildman–Crippen LogP) is 2.38. The Morgan fingerprint density at radius 3 is 2.52 bits per heavy atom. The van der Waals surface area contributed by atoms with E-state index in [-0.39, 0.29) is 37.3 Å². The summed E-state index contributed by atoms with van der Waals surface area (Å²) in [5.41, 5.74) is 0.966. The Hall–Kier alpha value is -2.81. The molecule has 0 radical (unpaired) electrons. The number of hydrogen-bond donors (Lipinski definition) is 2. The van der Waals surface area contributed by atoms with Gasteiger partial charge in [-0.1, -0.05) is 41.7 Å². The number of rotatable bonds is 9. The minimum absolute atomic E-state index is 0.0596. The maximum Gasteiger partial charge on any atom is 0.306 e. The second kappa shape index (κ2) is 10.4. The number of amides is 2. The van der Waals surface area contributed by atoms with E-state index in [4.69, 9.17) is 4.74 Å². The van der Waals surface area contributed by atoms with Gasteiger partial charge in [-0.3, -0.25) is 14.4 Å². The molecule has 8 nitrogen and oxygen atoms in total. The van der Waals surface area contributed by atoms with E-state index in [0.717, 1.165) is 10.6 Å². The van der Waals surface area contributed by atoms with Crippen LogP contribution in [0.5, 0.6) is 0 Å². The zero-order chi connectivity index (χ0) is 19.6. The Morgan fingerprint density at radius 1 is 1.11 bits per heavy atom. The summed E-state index contributed by atoms with van der Waals surface area (Å²) >= 11 is 1.28. The number of carbonyl (C=O) groups is 3. The molecule has 0 saturated heterocycles. The molecule has 1 aromatic heterocycles. The highest BCUT2D eigenvalue weighted by Crippen LogP contribution is 2.14. The van der Waals surface area contributed by atoms with Gasteiger partial charge in [0.25, 0.3) is 5.91 Å². The second-order valence-corrected chi connectivity index (χ2v) is 7.07. The van der Waals surface area contributed by atoms with Crippen LogP contribution in [0.3, 0.4) is 0 Å². The highest BCUT2D eigenvalue weighted by molar-refractivity contribution is 7.15. The van der Waals surface area contributed by atoms with Crippen LogP contribution >= 0.6 is 11.3 Å². The van der Waals surface area contributed by atoms with Crippen LogP contribution in [0.15, 0.2) is 30.3 Å². The van der Waals surface area contributed by atoms with Crippen LogP contribution in [0.25, 0.3) is 0 Å². The van der Waals surface area contributed by atoms with Crippen molar-refractivity contribution in [3.05, 3.63) is 40.9 Å². The molecule has 144 valence electrons. The molecule has 0 saturated carbocycles. The van der Waals surface area contributed by atoms with Crippen molar-refractivity contribution in [3.63, 3.8) is 0 Å². The van der Waals surface area contributed by atoms with Crippen molar-refractivity contribution in [2.45, 2.75) is 39.2 Å². The molecule has 0 unspecified atom stereocenters. The van der Waals surface area contributed by atoms with E-state index in [2.05, 4.69) is 20.8 Å². The standard InChI is InChI=1S/C18H22N4O4S/c1-12(14-7-4-3-5-8-14)19-16(24)11-26-17(25)10-6-9-15(23)20-18-22-21-13(2)27-18/h3-5,7-8,12H,6,9-11H2,1-2H3,(H,19,24)(H,20,22,23)/t12-/m0/s1. The van der Waals surface area contributed by atoms with Gasteiger partial charge in [0.15, 0.2) is 6.61 Å². The molecule has 9 heteroatoms. The van der Waals surface area contributed by atoms with Gasteiger partial charge in [-0.15, -0.1) is 10.2 Å². The lowest BCUT2D eigenvalue weighted by atomic mass is 10.1. The summed E-state index contributed by atoms with van der Waals surface area (Å²) in [4.78, 5) is 35.3. The smallest absolute Gasteiger partial charge is 0.306 e. The number of ether oxygens (including phenoxy) is 1. The Morgan fingerprint density at radius 2 is 1.85 bits per heavy atom. The third-order valence-corrected chi connectivity index (χ3v) is 4.35. The summed E-state index contributed by atoms with van der Waals surface area (Å²) in [6, 6.07) is 9.32. The van der Waals surface area contributed by atoms with Crippen LogP contribution in [0.2, 0.25) is 0 Å². The number of aromatic nitrogens is 2. The first-order valence-electron chi connectivity index (χ1n) is 8.54. The molecule has 1 aromatic carbocycles. The Bertz CT molecular complexity index is 779. The topological polar surface area (TPSA) is 110 Å². The minimum atomic E-state index is -0.517. The van der Waals surface area contributed by atoms with Crippen LogP contribution in [-0.2, 0) is 19.1 Å². The maximum absolute atomic E-state index is 11.9. The van der Waals surface area contributed by atoms with Crippen LogP contribution in [0, 0.1) is 6.92 Å². The van der Waals surface area contributed by atoms with Gasteiger partial charge in [-0.25, -0.2) is 0 Å². The number of esters is 1. The first-order chi connectivity index (χ1) is 12.9. The van der Waals surface area contributed by atoms with Gasteiger partial charge in [-0.05, 0) is 25.8 Å². The van der Waals surface area contributed by atoms with Gasteiger partial charge in [-0.2, -0.15) is 0 Å². The van der Waals surface area contributed by atoms with Crippen LogP contribution in [0.4, 0.5) is 5.13 Å². The molecule has 27 heavy (non-hydrogen) atoms. The number of aryl methyl sites for hydroxylation is 1. The summed E-state index contributed by atoms with van der Waals surface area (Å²) < 4.78 is 4.94. The number of carbonyl (C=O) groups excluding carboxylic acids is 3. The lowest BCUT2D eigenvalue weighted by Gasteiger charge is -2.14. The SMILES string of the molecule is Cc1nnc(NC(=O)CCCC(=O)OCC(=O)N[C@@H](C)c2ccccc2)s1. The Labute approximate surface area is 161 Å². The third-order valence-electron chi connectivity index (χ3n) is 3.60. The molecule has 0 aliphatic rings.